The second-order valence-corrected chi connectivity index (χ2v) is 9.74. The van der Waals surface area contributed by atoms with Crippen molar-refractivity contribution in [3.8, 4) is 11.5 Å². The fourth-order valence-electron chi connectivity index (χ4n) is 4.99. The molecule has 0 atom stereocenters. The Morgan fingerprint density at radius 1 is 0.921 bits per heavy atom. The third-order valence-corrected chi connectivity index (χ3v) is 7.05. The van der Waals surface area contributed by atoms with Crippen molar-refractivity contribution in [2.45, 2.75) is 51.2 Å². The fraction of sp³-hybridized carbons (Fsp3) is 0.355. The number of rotatable bonds is 11. The molecule has 1 fully saturated rings. The first-order chi connectivity index (χ1) is 18.4. The Balaban J connectivity index is 1.39. The van der Waals surface area contributed by atoms with Crippen molar-refractivity contribution >= 4 is 11.9 Å². The maximum absolute atomic E-state index is 13.7. The van der Waals surface area contributed by atoms with Crippen molar-refractivity contribution in [1.29, 1.82) is 0 Å². The van der Waals surface area contributed by atoms with Crippen LogP contribution in [0.4, 0.5) is 4.39 Å². The summed E-state index contributed by atoms with van der Waals surface area (Å²) in [4.78, 5) is 26.7. The molecule has 3 aromatic rings. The number of carboxylic acid groups (broad SMARTS) is 1. The van der Waals surface area contributed by atoms with Gasteiger partial charge in [-0.1, -0.05) is 36.4 Å². The van der Waals surface area contributed by atoms with E-state index in [0.717, 1.165) is 36.8 Å². The van der Waals surface area contributed by atoms with Gasteiger partial charge >= 0.3 is 5.97 Å². The van der Waals surface area contributed by atoms with Crippen LogP contribution < -0.4 is 9.47 Å². The van der Waals surface area contributed by atoms with Gasteiger partial charge in [0.2, 0.25) is 5.91 Å². The summed E-state index contributed by atoms with van der Waals surface area (Å²) in [5.41, 5.74) is 1.99. The summed E-state index contributed by atoms with van der Waals surface area (Å²) in [6, 6.07) is 20.8. The summed E-state index contributed by atoms with van der Waals surface area (Å²) in [5.74, 6) is 0.174. The molecule has 4 rings (SSSR count). The predicted molar refractivity (Wildman–Crippen MR) is 143 cm³/mol. The van der Waals surface area contributed by atoms with Crippen LogP contribution in [0, 0.1) is 11.7 Å². The molecule has 0 saturated heterocycles. The van der Waals surface area contributed by atoms with Crippen LogP contribution in [0.25, 0.3) is 0 Å². The van der Waals surface area contributed by atoms with Crippen molar-refractivity contribution in [3.63, 3.8) is 0 Å². The van der Waals surface area contributed by atoms with E-state index >= 15 is 0 Å². The van der Waals surface area contributed by atoms with Crippen molar-refractivity contribution in [1.82, 2.24) is 4.90 Å². The van der Waals surface area contributed by atoms with E-state index < -0.39 is 5.97 Å². The van der Waals surface area contributed by atoms with Crippen LogP contribution in [0.3, 0.4) is 0 Å². The number of carboxylic acids is 1. The van der Waals surface area contributed by atoms with Gasteiger partial charge < -0.3 is 19.5 Å². The van der Waals surface area contributed by atoms with E-state index in [1.165, 1.54) is 12.1 Å². The van der Waals surface area contributed by atoms with E-state index in [2.05, 4.69) is 0 Å². The zero-order valence-corrected chi connectivity index (χ0v) is 21.6. The number of aryl methyl sites for hydroxylation is 1. The first-order valence-electron chi connectivity index (χ1n) is 13.1. The van der Waals surface area contributed by atoms with Crippen LogP contribution in [-0.4, -0.2) is 41.6 Å². The van der Waals surface area contributed by atoms with Gasteiger partial charge in [-0.3, -0.25) is 4.79 Å². The highest BCUT2D eigenvalue weighted by Crippen LogP contribution is 2.33. The number of hydrogen-bond acceptors (Lipinski definition) is 4. The number of benzene rings is 3. The van der Waals surface area contributed by atoms with Crippen molar-refractivity contribution < 1.29 is 28.6 Å². The van der Waals surface area contributed by atoms with E-state index in [4.69, 9.17) is 9.47 Å². The SMILES string of the molecule is COc1ccccc1OC1CCC(C(=O)N(CCCc2cccc(F)c2)Cc2ccc(C(=O)O)cc2)CC1. The molecule has 0 spiro atoms. The van der Waals surface area contributed by atoms with Gasteiger partial charge in [0.15, 0.2) is 11.5 Å². The number of halogens is 1. The molecule has 0 aromatic heterocycles. The van der Waals surface area contributed by atoms with Gasteiger partial charge in [-0.25, -0.2) is 9.18 Å². The summed E-state index contributed by atoms with van der Waals surface area (Å²) in [6.07, 6.45) is 4.42. The van der Waals surface area contributed by atoms with Gasteiger partial charge in [0.25, 0.3) is 0 Å². The summed E-state index contributed by atoms with van der Waals surface area (Å²) in [5, 5.41) is 9.20. The number of carbonyl (C=O) groups excluding carboxylic acids is 1. The molecule has 200 valence electrons. The topological polar surface area (TPSA) is 76.1 Å². The lowest BCUT2D eigenvalue weighted by molar-refractivity contribution is -0.137. The second kappa shape index (κ2) is 13.1. The number of para-hydroxylation sites is 2. The molecule has 3 aromatic carbocycles. The van der Waals surface area contributed by atoms with E-state index in [0.29, 0.717) is 37.4 Å². The smallest absolute Gasteiger partial charge is 0.335 e. The van der Waals surface area contributed by atoms with Gasteiger partial charge in [0, 0.05) is 19.0 Å². The molecule has 0 bridgehead atoms. The Morgan fingerprint density at radius 2 is 1.63 bits per heavy atom. The average molecular weight is 520 g/mol. The Kier molecular flexibility index (Phi) is 9.35. The van der Waals surface area contributed by atoms with Crippen LogP contribution in [-0.2, 0) is 17.8 Å². The Labute approximate surface area is 223 Å². The van der Waals surface area contributed by atoms with E-state index in [1.807, 2.05) is 35.2 Å². The molecule has 1 amide bonds. The highest BCUT2D eigenvalue weighted by atomic mass is 19.1. The summed E-state index contributed by atoms with van der Waals surface area (Å²) in [7, 11) is 1.62. The van der Waals surface area contributed by atoms with Gasteiger partial charge in [-0.05, 0) is 86.1 Å². The lowest BCUT2D eigenvalue weighted by atomic mass is 9.86. The number of ether oxygens (including phenoxy) is 2. The third kappa shape index (κ3) is 7.34. The number of aromatic carboxylic acids is 1. The molecule has 1 aliphatic carbocycles. The lowest BCUT2D eigenvalue weighted by Gasteiger charge is -2.32. The number of amides is 1. The summed E-state index contributed by atoms with van der Waals surface area (Å²) < 4.78 is 25.2. The van der Waals surface area contributed by atoms with E-state index in [1.54, 1.807) is 37.4 Å². The molecule has 1 aliphatic rings. The Morgan fingerprint density at radius 3 is 2.29 bits per heavy atom. The van der Waals surface area contributed by atoms with Crippen molar-refractivity contribution in [2.24, 2.45) is 5.92 Å². The van der Waals surface area contributed by atoms with Crippen molar-refractivity contribution in [3.05, 3.63) is 95.3 Å². The van der Waals surface area contributed by atoms with Crippen LogP contribution >= 0.6 is 0 Å². The van der Waals surface area contributed by atoms with Crippen LogP contribution in [0.1, 0.15) is 53.6 Å². The minimum absolute atomic E-state index is 0.0281. The monoisotopic (exact) mass is 519 g/mol. The maximum atomic E-state index is 13.7. The third-order valence-electron chi connectivity index (χ3n) is 7.05. The van der Waals surface area contributed by atoms with Crippen molar-refractivity contribution in [2.75, 3.05) is 13.7 Å². The van der Waals surface area contributed by atoms with Crippen LogP contribution in [0.15, 0.2) is 72.8 Å². The largest absolute Gasteiger partial charge is 0.493 e. The zero-order chi connectivity index (χ0) is 26.9. The first-order valence-corrected chi connectivity index (χ1v) is 13.1. The molecule has 7 heteroatoms. The Hall–Kier alpha value is -3.87. The molecule has 1 saturated carbocycles. The minimum atomic E-state index is -0.980. The van der Waals surface area contributed by atoms with E-state index in [-0.39, 0.29) is 29.3 Å². The zero-order valence-electron chi connectivity index (χ0n) is 21.6. The first kappa shape index (κ1) is 27.2. The molecule has 38 heavy (non-hydrogen) atoms. The number of methoxy groups -OCH3 is 1. The van der Waals surface area contributed by atoms with Gasteiger partial charge in [0.1, 0.15) is 5.82 Å². The molecule has 0 heterocycles. The minimum Gasteiger partial charge on any atom is -0.493 e. The standard InChI is InChI=1S/C31H34FNO5/c1-37-28-9-2-3-10-29(28)38-27-17-15-24(16-18-27)30(34)33(19-5-7-22-6-4-8-26(32)20-22)21-23-11-13-25(14-12-23)31(35)36/h2-4,6,8-14,20,24,27H,5,7,15-19,21H2,1H3,(H,35,36). The molecule has 0 unspecified atom stereocenters. The molecule has 6 nitrogen and oxygen atoms in total. The normalized spacial score (nSPS) is 17.0. The molecule has 1 N–H and O–H groups in total. The summed E-state index contributed by atoms with van der Waals surface area (Å²) in [6.45, 7) is 0.938. The Bertz CT molecular complexity index is 1220. The number of hydrogen-bond donors (Lipinski definition) is 1. The maximum Gasteiger partial charge on any atom is 0.335 e. The number of nitrogens with zero attached hydrogens (tertiary/aromatic N) is 1. The average Bonchev–Trinajstić information content (AvgIpc) is 2.93. The molecular formula is C31H34FNO5. The molecule has 0 aliphatic heterocycles. The van der Waals surface area contributed by atoms with Gasteiger partial charge in [0.05, 0.1) is 18.8 Å². The highest BCUT2D eigenvalue weighted by Gasteiger charge is 2.30. The van der Waals surface area contributed by atoms with Crippen LogP contribution in [0.5, 0.6) is 11.5 Å². The van der Waals surface area contributed by atoms with Crippen LogP contribution in [0.2, 0.25) is 0 Å². The lowest BCUT2D eigenvalue weighted by Crippen LogP contribution is -2.39. The summed E-state index contributed by atoms with van der Waals surface area (Å²) >= 11 is 0. The fourth-order valence-corrected chi connectivity index (χ4v) is 4.99. The van der Waals surface area contributed by atoms with E-state index in [9.17, 15) is 19.1 Å². The predicted octanol–water partition coefficient (Wildman–Crippen LogP) is 6.13. The molecule has 0 radical (unpaired) electrons. The number of carbonyl (C=O) groups is 2. The quantitative estimate of drug-likeness (QED) is 0.330. The van der Waals surface area contributed by atoms with Gasteiger partial charge in [-0.15, -0.1) is 0 Å². The highest BCUT2D eigenvalue weighted by molar-refractivity contribution is 5.87. The van der Waals surface area contributed by atoms with Gasteiger partial charge in [-0.2, -0.15) is 0 Å². The molecular weight excluding hydrogens is 485 g/mol. The second-order valence-electron chi connectivity index (χ2n) is 9.74.